The molecule has 1 atom stereocenters. The lowest BCUT2D eigenvalue weighted by molar-refractivity contribution is -0.140. The first-order valence-corrected chi connectivity index (χ1v) is 3.78. The molecule has 0 aromatic carbocycles. The monoisotopic (exact) mass is 187 g/mol. The van der Waals surface area contributed by atoms with E-state index in [1.165, 1.54) is 6.92 Å². The zero-order valence-corrected chi connectivity index (χ0v) is 7.49. The van der Waals surface area contributed by atoms with Crippen LogP contribution in [-0.2, 0) is 19.1 Å². The van der Waals surface area contributed by atoms with Crippen molar-refractivity contribution < 1.29 is 19.1 Å². The third-order valence-corrected chi connectivity index (χ3v) is 1.26. The van der Waals surface area contributed by atoms with Crippen LogP contribution in [0, 0.1) is 0 Å². The summed E-state index contributed by atoms with van der Waals surface area (Å²) in [6.07, 6.45) is 0.389. The third-order valence-electron chi connectivity index (χ3n) is 1.26. The Bertz CT molecular complexity index is 202. The van der Waals surface area contributed by atoms with Crippen LogP contribution in [0.1, 0.15) is 6.92 Å². The maximum Gasteiger partial charge on any atom is 0.330 e. The zero-order valence-electron chi connectivity index (χ0n) is 7.49. The van der Waals surface area contributed by atoms with Gasteiger partial charge >= 0.3 is 5.97 Å². The van der Waals surface area contributed by atoms with Crippen molar-refractivity contribution in [2.45, 2.75) is 13.0 Å². The predicted octanol–water partition coefficient (Wildman–Crippen LogP) is -0.394. The second kappa shape index (κ2) is 6.19. The van der Waals surface area contributed by atoms with Crippen molar-refractivity contribution >= 4 is 11.9 Å². The van der Waals surface area contributed by atoms with Gasteiger partial charge < -0.3 is 15.2 Å². The Balaban J connectivity index is 3.40. The molecule has 13 heavy (non-hydrogen) atoms. The maximum absolute atomic E-state index is 10.5. The Hall–Kier alpha value is -1.36. The molecule has 0 aliphatic rings. The summed E-state index contributed by atoms with van der Waals surface area (Å²) in [5.41, 5.74) is 4.92. The summed E-state index contributed by atoms with van der Waals surface area (Å²) < 4.78 is 9.50. The van der Waals surface area contributed by atoms with Gasteiger partial charge in [-0.1, -0.05) is 6.58 Å². The second-order valence-electron chi connectivity index (χ2n) is 2.29. The first kappa shape index (κ1) is 11.6. The van der Waals surface area contributed by atoms with Crippen LogP contribution in [0.2, 0.25) is 0 Å². The molecule has 0 saturated heterocycles. The number of carbonyl (C=O) groups is 2. The smallest absolute Gasteiger partial charge is 0.330 e. The van der Waals surface area contributed by atoms with Crippen molar-refractivity contribution in [3.05, 3.63) is 12.7 Å². The quantitative estimate of drug-likeness (QED) is 0.349. The molecule has 0 rings (SSSR count). The zero-order chi connectivity index (χ0) is 10.3. The molecule has 0 spiro atoms. The Morgan fingerprint density at radius 3 is 2.62 bits per heavy atom. The first-order valence-electron chi connectivity index (χ1n) is 3.78. The summed E-state index contributed by atoms with van der Waals surface area (Å²) in [5, 5.41) is 0. The van der Waals surface area contributed by atoms with E-state index in [-0.39, 0.29) is 13.2 Å². The molecule has 2 N–H and O–H groups in total. The molecular weight excluding hydrogens is 174 g/mol. The number of amides is 1. The fourth-order valence-corrected chi connectivity index (χ4v) is 0.508. The lowest BCUT2D eigenvalue weighted by Gasteiger charge is -2.08. The average Bonchev–Trinajstić information content (AvgIpc) is 2.11. The number of primary amides is 1. The number of esters is 1. The Labute approximate surface area is 76.5 Å². The molecule has 0 heterocycles. The van der Waals surface area contributed by atoms with Crippen molar-refractivity contribution in [2.24, 2.45) is 5.73 Å². The molecule has 0 aromatic heterocycles. The highest BCUT2D eigenvalue weighted by atomic mass is 16.6. The minimum Gasteiger partial charge on any atom is -0.460 e. The number of hydrogen-bond acceptors (Lipinski definition) is 4. The van der Waals surface area contributed by atoms with Gasteiger partial charge in [0.1, 0.15) is 12.7 Å². The topological polar surface area (TPSA) is 78.6 Å². The molecule has 74 valence electrons. The lowest BCUT2D eigenvalue weighted by Crippen LogP contribution is -2.29. The number of rotatable bonds is 6. The van der Waals surface area contributed by atoms with Gasteiger partial charge in [0.15, 0.2) is 0 Å². The van der Waals surface area contributed by atoms with E-state index < -0.39 is 18.0 Å². The number of hydrogen-bond donors (Lipinski definition) is 1. The van der Waals surface area contributed by atoms with E-state index in [4.69, 9.17) is 10.5 Å². The summed E-state index contributed by atoms with van der Waals surface area (Å²) in [6.45, 7) is 4.97. The van der Waals surface area contributed by atoms with Gasteiger partial charge in [0.05, 0.1) is 6.61 Å². The van der Waals surface area contributed by atoms with Crippen molar-refractivity contribution in [3.8, 4) is 0 Å². The fourth-order valence-electron chi connectivity index (χ4n) is 0.508. The molecule has 0 aliphatic heterocycles. The van der Waals surface area contributed by atoms with Gasteiger partial charge in [0, 0.05) is 6.08 Å². The summed E-state index contributed by atoms with van der Waals surface area (Å²) in [4.78, 5) is 21.0. The fraction of sp³-hybridized carbons (Fsp3) is 0.500. The summed E-state index contributed by atoms with van der Waals surface area (Å²) in [6, 6.07) is 0. The van der Waals surface area contributed by atoms with Gasteiger partial charge in [-0.25, -0.2) is 4.79 Å². The number of nitrogens with two attached hydrogens (primary N) is 1. The first-order chi connectivity index (χ1) is 6.07. The standard InChI is InChI=1S/C8H13NO4/c1-3-7(10)13-5-4-12-6(2)8(9)11/h3,6H,1,4-5H2,2H3,(H2,9,11). The van der Waals surface area contributed by atoms with Crippen LogP contribution in [0.3, 0.4) is 0 Å². The normalized spacial score (nSPS) is 11.8. The molecule has 0 saturated carbocycles. The molecule has 0 bridgehead atoms. The number of carbonyl (C=O) groups excluding carboxylic acids is 2. The molecule has 1 unspecified atom stereocenters. The van der Waals surface area contributed by atoms with E-state index in [0.717, 1.165) is 6.08 Å². The van der Waals surface area contributed by atoms with Gasteiger partial charge in [-0.05, 0) is 6.92 Å². The molecular formula is C8H13NO4. The van der Waals surface area contributed by atoms with Crippen LogP contribution in [0.5, 0.6) is 0 Å². The highest BCUT2D eigenvalue weighted by Crippen LogP contribution is 1.89. The molecule has 0 aliphatic carbocycles. The largest absolute Gasteiger partial charge is 0.460 e. The summed E-state index contributed by atoms with van der Waals surface area (Å²) >= 11 is 0. The van der Waals surface area contributed by atoms with Gasteiger partial charge in [-0.15, -0.1) is 0 Å². The molecule has 5 nitrogen and oxygen atoms in total. The van der Waals surface area contributed by atoms with Crippen LogP contribution >= 0.6 is 0 Å². The van der Waals surface area contributed by atoms with E-state index in [9.17, 15) is 9.59 Å². The SMILES string of the molecule is C=CC(=O)OCCOC(C)C(N)=O. The maximum atomic E-state index is 10.5. The van der Waals surface area contributed by atoms with Crippen molar-refractivity contribution in [1.82, 2.24) is 0 Å². The van der Waals surface area contributed by atoms with Gasteiger partial charge in [0.25, 0.3) is 0 Å². The highest BCUT2D eigenvalue weighted by molar-refractivity contribution is 5.81. The highest BCUT2D eigenvalue weighted by Gasteiger charge is 2.07. The third kappa shape index (κ3) is 5.86. The predicted molar refractivity (Wildman–Crippen MR) is 45.8 cm³/mol. The Morgan fingerprint density at radius 1 is 1.54 bits per heavy atom. The van der Waals surface area contributed by atoms with Crippen molar-refractivity contribution in [3.63, 3.8) is 0 Å². The van der Waals surface area contributed by atoms with E-state index in [1.807, 2.05) is 0 Å². The second-order valence-corrected chi connectivity index (χ2v) is 2.29. The Kier molecular flexibility index (Phi) is 5.54. The summed E-state index contributed by atoms with van der Waals surface area (Å²) in [7, 11) is 0. The number of ether oxygens (including phenoxy) is 2. The van der Waals surface area contributed by atoms with Crippen molar-refractivity contribution in [1.29, 1.82) is 0 Å². The van der Waals surface area contributed by atoms with Crippen LogP contribution < -0.4 is 5.73 Å². The van der Waals surface area contributed by atoms with Crippen LogP contribution in [0.15, 0.2) is 12.7 Å². The van der Waals surface area contributed by atoms with Crippen LogP contribution in [0.4, 0.5) is 0 Å². The minimum atomic E-state index is -0.664. The van der Waals surface area contributed by atoms with Gasteiger partial charge in [0.2, 0.25) is 5.91 Å². The minimum absolute atomic E-state index is 0.0858. The van der Waals surface area contributed by atoms with Crippen molar-refractivity contribution in [2.75, 3.05) is 13.2 Å². The van der Waals surface area contributed by atoms with Gasteiger partial charge in [-0.2, -0.15) is 0 Å². The summed E-state index contributed by atoms with van der Waals surface area (Å²) in [5.74, 6) is -1.06. The molecule has 0 aromatic rings. The van der Waals surface area contributed by atoms with E-state index >= 15 is 0 Å². The Morgan fingerprint density at radius 2 is 2.15 bits per heavy atom. The molecule has 0 radical (unpaired) electrons. The van der Waals surface area contributed by atoms with E-state index in [1.54, 1.807) is 0 Å². The van der Waals surface area contributed by atoms with Crippen LogP contribution in [0.25, 0.3) is 0 Å². The van der Waals surface area contributed by atoms with Crippen LogP contribution in [-0.4, -0.2) is 31.2 Å². The lowest BCUT2D eigenvalue weighted by atomic mass is 10.4. The average molecular weight is 187 g/mol. The molecule has 5 heteroatoms. The van der Waals surface area contributed by atoms with Gasteiger partial charge in [-0.3, -0.25) is 4.79 Å². The van der Waals surface area contributed by atoms with E-state index in [2.05, 4.69) is 11.3 Å². The molecule has 0 fully saturated rings. The molecule has 1 amide bonds. The van der Waals surface area contributed by atoms with E-state index in [0.29, 0.717) is 0 Å².